The topological polar surface area (TPSA) is 61.7 Å². The fourth-order valence-electron chi connectivity index (χ4n) is 1.19. The Hall–Kier alpha value is -2.10. The van der Waals surface area contributed by atoms with Crippen LogP contribution in [0.4, 0.5) is 0 Å². The number of hydrogen-bond acceptors (Lipinski definition) is 3. The molecule has 0 saturated heterocycles. The minimum Gasteiger partial charge on any atom is -0.475 e. The van der Waals surface area contributed by atoms with Crippen LogP contribution in [0.2, 0.25) is 0 Å². The Morgan fingerprint density at radius 3 is 3.00 bits per heavy atom. The van der Waals surface area contributed by atoms with Crippen molar-refractivity contribution in [3.8, 4) is 0 Å². The SMILES string of the molecule is O=C(O)C1=NC=C2C=CC=CC=C2N1. The highest BCUT2D eigenvalue weighted by molar-refractivity contribution is 6.35. The largest absolute Gasteiger partial charge is 0.475 e. The van der Waals surface area contributed by atoms with E-state index >= 15 is 0 Å². The predicted molar refractivity (Wildman–Crippen MR) is 52.7 cm³/mol. The molecule has 0 atom stereocenters. The third kappa shape index (κ3) is 1.50. The standard InChI is InChI=1S/C10H8N2O2/c13-10(14)9-11-6-7-4-2-1-3-5-8(7)12-9/h1-6H,(H,11,12)(H,13,14). The number of carboxylic acid groups (broad SMARTS) is 1. The third-order valence-electron chi connectivity index (χ3n) is 1.86. The first-order chi connectivity index (χ1) is 6.77. The Morgan fingerprint density at radius 2 is 2.21 bits per heavy atom. The van der Waals surface area contributed by atoms with Gasteiger partial charge >= 0.3 is 5.97 Å². The monoisotopic (exact) mass is 188 g/mol. The summed E-state index contributed by atoms with van der Waals surface area (Å²) < 4.78 is 0. The highest BCUT2D eigenvalue weighted by atomic mass is 16.4. The lowest BCUT2D eigenvalue weighted by molar-refractivity contribution is -0.129. The lowest BCUT2D eigenvalue weighted by Crippen LogP contribution is -2.32. The molecule has 2 rings (SSSR count). The second kappa shape index (κ2) is 3.33. The molecule has 14 heavy (non-hydrogen) atoms. The maximum Gasteiger partial charge on any atom is 0.371 e. The zero-order valence-electron chi connectivity index (χ0n) is 7.27. The van der Waals surface area contributed by atoms with E-state index in [1.165, 1.54) is 6.20 Å². The molecule has 4 nitrogen and oxygen atoms in total. The summed E-state index contributed by atoms with van der Waals surface area (Å²) in [6, 6.07) is 0. The quantitative estimate of drug-likeness (QED) is 0.644. The smallest absolute Gasteiger partial charge is 0.371 e. The Balaban J connectivity index is 2.38. The number of carbonyl (C=O) groups is 1. The fraction of sp³-hybridized carbons (Fsp3) is 0. The van der Waals surface area contributed by atoms with E-state index in [0.29, 0.717) is 0 Å². The summed E-state index contributed by atoms with van der Waals surface area (Å²) in [5.74, 6) is -1.11. The van der Waals surface area contributed by atoms with Crippen molar-refractivity contribution in [2.75, 3.05) is 0 Å². The molecule has 2 N–H and O–H groups in total. The molecule has 1 aliphatic carbocycles. The first-order valence-electron chi connectivity index (χ1n) is 4.11. The summed E-state index contributed by atoms with van der Waals surface area (Å²) in [4.78, 5) is 14.4. The molecule has 0 aromatic carbocycles. The van der Waals surface area contributed by atoms with Crippen LogP contribution in [0.1, 0.15) is 0 Å². The summed E-state index contributed by atoms with van der Waals surface area (Å²) in [7, 11) is 0. The van der Waals surface area contributed by atoms with Crippen molar-refractivity contribution < 1.29 is 9.90 Å². The zero-order chi connectivity index (χ0) is 9.97. The van der Waals surface area contributed by atoms with Crippen molar-refractivity contribution in [2.45, 2.75) is 0 Å². The van der Waals surface area contributed by atoms with E-state index in [1.54, 1.807) is 0 Å². The second-order valence-electron chi connectivity index (χ2n) is 2.82. The number of nitrogens with one attached hydrogen (secondary N) is 1. The number of allylic oxidation sites excluding steroid dienone is 5. The normalized spacial score (nSPS) is 18.4. The first-order valence-corrected chi connectivity index (χ1v) is 4.11. The molecule has 1 heterocycles. The Bertz CT molecular complexity index is 425. The number of nitrogens with zero attached hydrogens (tertiary/aromatic N) is 1. The van der Waals surface area contributed by atoms with Gasteiger partial charge < -0.3 is 10.4 Å². The van der Waals surface area contributed by atoms with Crippen LogP contribution in [0.5, 0.6) is 0 Å². The van der Waals surface area contributed by atoms with Crippen molar-refractivity contribution >= 4 is 11.8 Å². The van der Waals surface area contributed by atoms with E-state index in [-0.39, 0.29) is 5.84 Å². The molecule has 0 unspecified atom stereocenters. The maximum atomic E-state index is 10.6. The average molecular weight is 188 g/mol. The highest BCUT2D eigenvalue weighted by Gasteiger charge is 2.16. The van der Waals surface area contributed by atoms with Crippen LogP contribution in [-0.2, 0) is 4.79 Å². The van der Waals surface area contributed by atoms with Gasteiger partial charge in [-0.2, -0.15) is 0 Å². The minimum atomic E-state index is -1.06. The summed E-state index contributed by atoms with van der Waals surface area (Å²) in [5.41, 5.74) is 1.63. The number of carboxylic acids is 1. The summed E-state index contributed by atoms with van der Waals surface area (Å²) >= 11 is 0. The molecule has 1 aliphatic heterocycles. The van der Waals surface area contributed by atoms with Crippen molar-refractivity contribution in [3.63, 3.8) is 0 Å². The average Bonchev–Trinajstić information content (AvgIpc) is 2.41. The third-order valence-corrected chi connectivity index (χ3v) is 1.86. The minimum absolute atomic E-state index is 0.0521. The number of hydrogen-bond donors (Lipinski definition) is 2. The van der Waals surface area contributed by atoms with Gasteiger partial charge in [0.05, 0.1) is 0 Å². The Kier molecular flexibility index (Phi) is 2.02. The number of amidine groups is 1. The zero-order valence-corrected chi connectivity index (χ0v) is 7.27. The van der Waals surface area contributed by atoms with E-state index in [2.05, 4.69) is 10.3 Å². The van der Waals surface area contributed by atoms with Gasteiger partial charge in [0.1, 0.15) is 0 Å². The van der Waals surface area contributed by atoms with E-state index in [1.807, 2.05) is 30.4 Å². The van der Waals surface area contributed by atoms with Crippen LogP contribution in [0.15, 0.2) is 52.8 Å². The number of aliphatic carboxylic acids is 1. The van der Waals surface area contributed by atoms with Crippen LogP contribution in [0.25, 0.3) is 0 Å². The van der Waals surface area contributed by atoms with E-state index < -0.39 is 5.97 Å². The van der Waals surface area contributed by atoms with Gasteiger partial charge in [0.25, 0.3) is 0 Å². The summed E-state index contributed by atoms with van der Waals surface area (Å²) in [6.07, 6.45) is 10.8. The second-order valence-corrected chi connectivity index (χ2v) is 2.82. The summed E-state index contributed by atoms with van der Waals surface area (Å²) in [6.45, 7) is 0. The molecule has 4 heteroatoms. The van der Waals surface area contributed by atoms with Crippen molar-refractivity contribution in [1.29, 1.82) is 0 Å². The molecule has 0 aromatic rings. The van der Waals surface area contributed by atoms with Gasteiger partial charge in [-0.25, -0.2) is 9.79 Å². The van der Waals surface area contributed by atoms with Gasteiger partial charge in [0, 0.05) is 17.5 Å². The Labute approximate surface area is 80.7 Å². The molecule has 2 aliphatic rings. The lowest BCUT2D eigenvalue weighted by atomic mass is 10.1. The molecule has 0 amide bonds. The van der Waals surface area contributed by atoms with Gasteiger partial charge in [0.2, 0.25) is 5.84 Å². The molecule has 0 aromatic heterocycles. The molecule has 0 fully saturated rings. The van der Waals surface area contributed by atoms with E-state index in [0.717, 1.165) is 11.3 Å². The van der Waals surface area contributed by atoms with Gasteiger partial charge in [0.15, 0.2) is 0 Å². The van der Waals surface area contributed by atoms with E-state index in [9.17, 15) is 4.79 Å². The van der Waals surface area contributed by atoms with Gasteiger partial charge in [-0.3, -0.25) is 0 Å². The molecule has 70 valence electrons. The predicted octanol–water partition coefficient (Wildman–Crippen LogP) is 0.966. The molecule has 0 bridgehead atoms. The summed E-state index contributed by atoms with van der Waals surface area (Å²) in [5, 5.41) is 11.4. The molecular formula is C10H8N2O2. The van der Waals surface area contributed by atoms with E-state index in [4.69, 9.17) is 5.11 Å². The van der Waals surface area contributed by atoms with Crippen molar-refractivity contribution in [2.24, 2.45) is 4.99 Å². The molecule has 0 radical (unpaired) electrons. The lowest BCUT2D eigenvalue weighted by Gasteiger charge is -2.13. The van der Waals surface area contributed by atoms with Crippen LogP contribution >= 0.6 is 0 Å². The molecule has 0 spiro atoms. The van der Waals surface area contributed by atoms with Crippen LogP contribution in [0, 0.1) is 0 Å². The van der Waals surface area contributed by atoms with Gasteiger partial charge in [-0.1, -0.05) is 24.3 Å². The Morgan fingerprint density at radius 1 is 1.36 bits per heavy atom. The maximum absolute atomic E-state index is 10.6. The number of aliphatic imine (C=N–C) groups is 1. The number of rotatable bonds is 1. The van der Waals surface area contributed by atoms with Crippen molar-refractivity contribution in [1.82, 2.24) is 5.32 Å². The van der Waals surface area contributed by atoms with Gasteiger partial charge in [-0.05, 0) is 6.08 Å². The fourth-order valence-corrected chi connectivity index (χ4v) is 1.19. The van der Waals surface area contributed by atoms with Crippen LogP contribution in [0.3, 0.4) is 0 Å². The van der Waals surface area contributed by atoms with Crippen LogP contribution in [-0.4, -0.2) is 16.9 Å². The highest BCUT2D eigenvalue weighted by Crippen LogP contribution is 2.15. The molecular weight excluding hydrogens is 180 g/mol. The number of fused-ring (bicyclic) bond motifs is 1. The van der Waals surface area contributed by atoms with Gasteiger partial charge in [-0.15, -0.1) is 0 Å². The first kappa shape index (κ1) is 8.50. The van der Waals surface area contributed by atoms with Crippen LogP contribution < -0.4 is 5.32 Å². The molecule has 0 saturated carbocycles. The van der Waals surface area contributed by atoms with Crippen molar-refractivity contribution in [3.05, 3.63) is 47.9 Å².